The number of methoxy groups -OCH3 is 1. The number of ether oxygens (including phenoxy) is 2. The lowest BCUT2D eigenvalue weighted by Crippen LogP contribution is -2.37. The van der Waals surface area contributed by atoms with Gasteiger partial charge in [-0.1, -0.05) is 54.6 Å². The third-order valence-corrected chi connectivity index (χ3v) is 5.33. The minimum atomic E-state index is -0.431. The van der Waals surface area contributed by atoms with E-state index in [0.717, 1.165) is 33.8 Å². The number of hydrogen-bond donors (Lipinski definition) is 0. The van der Waals surface area contributed by atoms with E-state index in [0.29, 0.717) is 13.2 Å². The molecule has 0 radical (unpaired) electrons. The molecule has 1 aliphatic rings. The number of fused-ring (bicyclic) bond motifs is 1. The van der Waals surface area contributed by atoms with E-state index < -0.39 is 6.04 Å². The molecular weight excluding hydrogens is 392 g/mol. The van der Waals surface area contributed by atoms with Crippen molar-refractivity contribution in [1.82, 2.24) is 0 Å². The van der Waals surface area contributed by atoms with Gasteiger partial charge >= 0.3 is 0 Å². The molecule has 3 aromatic carbocycles. The smallest absolute Gasteiger partial charge is 0.228 e. The highest BCUT2D eigenvalue weighted by molar-refractivity contribution is 5.70. The van der Waals surface area contributed by atoms with Crippen LogP contribution in [0.25, 0.3) is 6.08 Å². The highest BCUT2D eigenvalue weighted by Gasteiger charge is 2.33. The summed E-state index contributed by atoms with van der Waals surface area (Å²) in [4.78, 5) is 13.3. The summed E-state index contributed by atoms with van der Waals surface area (Å²) in [5.41, 5.74) is 4.74. The number of benzene rings is 3. The Bertz CT molecular complexity index is 1060. The monoisotopic (exact) mass is 416 g/mol. The Morgan fingerprint density at radius 2 is 1.65 bits per heavy atom. The topological polar surface area (TPSA) is 64.8 Å². The van der Waals surface area contributed by atoms with E-state index in [4.69, 9.17) is 9.47 Å². The average molecular weight is 416 g/mol. The Kier molecular flexibility index (Phi) is 6.29. The fraction of sp³-hybridized carbons (Fsp3) is 0.200. The van der Waals surface area contributed by atoms with Crippen LogP contribution >= 0.6 is 0 Å². The Labute approximate surface area is 181 Å². The lowest BCUT2D eigenvalue weighted by atomic mass is 9.93. The third kappa shape index (κ3) is 4.75. The Hall–Kier alpha value is -3.64. The van der Waals surface area contributed by atoms with Crippen molar-refractivity contribution in [2.24, 2.45) is 0 Å². The summed E-state index contributed by atoms with van der Waals surface area (Å²) in [6.45, 7) is 0.596. The number of nitro groups is 1. The molecule has 0 fully saturated rings. The van der Waals surface area contributed by atoms with Crippen molar-refractivity contribution in [3.05, 3.63) is 111 Å². The summed E-state index contributed by atoms with van der Waals surface area (Å²) in [5.74, 6) is 0.734. The molecule has 6 heteroatoms. The van der Waals surface area contributed by atoms with Crippen LogP contribution in [0.4, 0.5) is 5.69 Å². The second-order valence-corrected chi connectivity index (χ2v) is 7.34. The molecule has 0 aromatic heterocycles. The largest absolute Gasteiger partial charge is 0.497 e. The van der Waals surface area contributed by atoms with Crippen molar-refractivity contribution >= 4 is 11.8 Å². The quantitative estimate of drug-likeness (QED) is 0.378. The summed E-state index contributed by atoms with van der Waals surface area (Å²) < 4.78 is 11.3. The second-order valence-electron chi connectivity index (χ2n) is 7.34. The maximum Gasteiger partial charge on any atom is 0.228 e. The van der Waals surface area contributed by atoms with E-state index in [1.807, 2.05) is 83.8 Å². The van der Waals surface area contributed by atoms with Crippen LogP contribution < -0.4 is 9.64 Å². The first-order valence-corrected chi connectivity index (χ1v) is 10.1. The van der Waals surface area contributed by atoms with Crippen molar-refractivity contribution < 1.29 is 14.4 Å². The number of nitrogens with zero attached hydrogens (tertiary/aromatic N) is 2. The van der Waals surface area contributed by atoms with E-state index in [1.165, 1.54) is 0 Å². The van der Waals surface area contributed by atoms with Gasteiger partial charge in [0.2, 0.25) is 6.54 Å². The molecule has 0 aliphatic carbocycles. The fourth-order valence-electron chi connectivity index (χ4n) is 3.90. The van der Waals surface area contributed by atoms with Crippen LogP contribution in [0.15, 0.2) is 84.6 Å². The zero-order valence-corrected chi connectivity index (χ0v) is 17.3. The van der Waals surface area contributed by atoms with Crippen LogP contribution in [0.3, 0.4) is 0 Å². The van der Waals surface area contributed by atoms with Crippen LogP contribution in [0.2, 0.25) is 0 Å². The lowest BCUT2D eigenvalue weighted by molar-refractivity contribution is -0.483. The Balaban J connectivity index is 1.68. The van der Waals surface area contributed by atoms with Crippen molar-refractivity contribution in [2.45, 2.75) is 12.6 Å². The lowest BCUT2D eigenvalue weighted by Gasteiger charge is -2.37. The minimum Gasteiger partial charge on any atom is -0.497 e. The summed E-state index contributed by atoms with van der Waals surface area (Å²) in [6, 6.07) is 24.9. The van der Waals surface area contributed by atoms with Gasteiger partial charge in [-0.3, -0.25) is 10.1 Å². The molecule has 3 aromatic rings. The molecule has 0 bridgehead atoms. The van der Waals surface area contributed by atoms with Crippen LogP contribution in [-0.4, -0.2) is 25.2 Å². The van der Waals surface area contributed by atoms with Crippen LogP contribution in [0, 0.1) is 10.1 Å². The summed E-state index contributed by atoms with van der Waals surface area (Å²) in [7, 11) is 1.62. The van der Waals surface area contributed by atoms with Crippen molar-refractivity contribution in [3.63, 3.8) is 0 Å². The van der Waals surface area contributed by atoms with E-state index in [9.17, 15) is 10.1 Å². The van der Waals surface area contributed by atoms with Gasteiger partial charge in [0.1, 0.15) is 11.8 Å². The maximum atomic E-state index is 11.6. The van der Waals surface area contributed by atoms with Crippen molar-refractivity contribution in [1.29, 1.82) is 0 Å². The SMILES string of the molecule is COc1ccc(N2C(COCc3ccccc3)=Cc3ccccc3C2C[N+](=O)[O-])cc1. The molecule has 1 unspecified atom stereocenters. The third-order valence-electron chi connectivity index (χ3n) is 5.33. The molecule has 1 atom stereocenters. The van der Waals surface area contributed by atoms with Crippen molar-refractivity contribution in [3.8, 4) is 5.75 Å². The highest BCUT2D eigenvalue weighted by Crippen LogP contribution is 2.38. The minimum absolute atomic E-state index is 0.209. The van der Waals surface area contributed by atoms with Crippen molar-refractivity contribution in [2.75, 3.05) is 25.2 Å². The van der Waals surface area contributed by atoms with Gasteiger partial charge in [-0.25, -0.2) is 0 Å². The fourth-order valence-corrected chi connectivity index (χ4v) is 3.90. The van der Waals surface area contributed by atoms with E-state index in [2.05, 4.69) is 6.08 Å². The number of anilines is 1. The van der Waals surface area contributed by atoms with Crippen LogP contribution in [0.5, 0.6) is 5.75 Å². The van der Waals surface area contributed by atoms with Gasteiger partial charge in [0.15, 0.2) is 0 Å². The average Bonchev–Trinajstić information content (AvgIpc) is 2.80. The highest BCUT2D eigenvalue weighted by atomic mass is 16.6. The van der Waals surface area contributed by atoms with Crippen LogP contribution in [0.1, 0.15) is 22.7 Å². The predicted molar refractivity (Wildman–Crippen MR) is 121 cm³/mol. The van der Waals surface area contributed by atoms with Crippen LogP contribution in [-0.2, 0) is 11.3 Å². The standard InChI is InChI=1S/C25H24N2O4/c1-30-23-13-11-21(12-14-23)27-22(18-31-17-19-7-3-2-4-8-19)15-20-9-5-6-10-24(20)25(27)16-26(28)29/h2-15,25H,16-18H2,1H3. The second kappa shape index (κ2) is 9.45. The zero-order chi connectivity index (χ0) is 21.6. The Morgan fingerprint density at radius 3 is 2.35 bits per heavy atom. The maximum absolute atomic E-state index is 11.6. The van der Waals surface area contributed by atoms with Gasteiger partial charge in [-0.15, -0.1) is 0 Å². The molecule has 1 heterocycles. The van der Waals surface area contributed by atoms with Gasteiger partial charge in [0.25, 0.3) is 0 Å². The molecule has 0 spiro atoms. The van der Waals surface area contributed by atoms with Gasteiger partial charge in [0, 0.05) is 16.3 Å². The molecule has 0 amide bonds. The summed E-state index contributed by atoms with van der Waals surface area (Å²) in [5, 5.41) is 11.6. The van der Waals surface area contributed by atoms with E-state index in [-0.39, 0.29) is 11.5 Å². The van der Waals surface area contributed by atoms with Gasteiger partial charge < -0.3 is 14.4 Å². The normalized spacial score (nSPS) is 15.2. The molecule has 0 N–H and O–H groups in total. The molecule has 6 nitrogen and oxygen atoms in total. The first kappa shape index (κ1) is 20.6. The van der Waals surface area contributed by atoms with Gasteiger partial charge in [0.05, 0.1) is 20.3 Å². The summed E-state index contributed by atoms with van der Waals surface area (Å²) in [6.07, 6.45) is 2.06. The number of hydrogen-bond acceptors (Lipinski definition) is 5. The molecular formula is C25H24N2O4. The van der Waals surface area contributed by atoms with E-state index >= 15 is 0 Å². The molecule has 1 aliphatic heterocycles. The summed E-state index contributed by atoms with van der Waals surface area (Å²) >= 11 is 0. The molecule has 31 heavy (non-hydrogen) atoms. The van der Waals surface area contributed by atoms with Gasteiger partial charge in [-0.05, 0) is 47.0 Å². The van der Waals surface area contributed by atoms with Gasteiger partial charge in [-0.2, -0.15) is 0 Å². The molecule has 4 rings (SSSR count). The first-order valence-electron chi connectivity index (χ1n) is 10.1. The molecule has 0 saturated carbocycles. The predicted octanol–water partition coefficient (Wildman–Crippen LogP) is 5.09. The molecule has 0 saturated heterocycles. The first-order chi connectivity index (χ1) is 15.2. The zero-order valence-electron chi connectivity index (χ0n) is 17.3. The number of rotatable bonds is 8. The Morgan fingerprint density at radius 1 is 0.935 bits per heavy atom. The molecule has 158 valence electrons. The van der Waals surface area contributed by atoms with E-state index in [1.54, 1.807) is 7.11 Å².